The van der Waals surface area contributed by atoms with E-state index in [2.05, 4.69) is 0 Å². The van der Waals surface area contributed by atoms with Gasteiger partial charge in [0.1, 0.15) is 0 Å². The maximum Gasteiger partial charge on any atom is 0.348 e. The van der Waals surface area contributed by atoms with Crippen molar-refractivity contribution in [2.24, 2.45) is 0 Å². The molecular formula is C21H22O9. The number of aromatic hydroxyl groups is 4. The van der Waals surface area contributed by atoms with Gasteiger partial charge in [0.15, 0.2) is 23.0 Å². The van der Waals surface area contributed by atoms with E-state index in [1.54, 1.807) is 0 Å². The van der Waals surface area contributed by atoms with Gasteiger partial charge in [0.2, 0.25) is 5.60 Å². The molecule has 0 bridgehead atoms. The Bertz CT molecular complexity index is 981. The molecule has 0 heterocycles. The number of aliphatic hydroxyl groups is 1. The summed E-state index contributed by atoms with van der Waals surface area (Å²) in [4.78, 5) is 24.3. The van der Waals surface area contributed by atoms with Crippen molar-refractivity contribution in [3.05, 3.63) is 53.1 Å². The third kappa shape index (κ3) is 4.81. The number of hydrogen-bond donors (Lipinski definition) is 6. The molecule has 6 N–H and O–H groups in total. The van der Waals surface area contributed by atoms with Crippen LogP contribution in [0.25, 0.3) is 6.08 Å². The van der Waals surface area contributed by atoms with Gasteiger partial charge in [-0.25, -0.2) is 9.59 Å². The minimum Gasteiger partial charge on any atom is -0.504 e. The van der Waals surface area contributed by atoms with Crippen molar-refractivity contribution in [2.75, 3.05) is 0 Å². The Balaban J connectivity index is 2.30. The zero-order valence-electron chi connectivity index (χ0n) is 16.1. The number of carbonyl (C=O) groups is 2. The number of hydrogen-bond acceptors (Lipinski definition) is 8. The summed E-state index contributed by atoms with van der Waals surface area (Å²) in [6.07, 6.45) is 1.77. The zero-order chi connectivity index (χ0) is 22.5. The largest absolute Gasteiger partial charge is 0.504 e. The van der Waals surface area contributed by atoms with Gasteiger partial charge in [0, 0.05) is 18.1 Å². The van der Waals surface area contributed by atoms with E-state index in [0.717, 1.165) is 12.1 Å². The van der Waals surface area contributed by atoms with Crippen LogP contribution in [0.3, 0.4) is 0 Å². The fourth-order valence-electron chi connectivity index (χ4n) is 2.85. The van der Waals surface area contributed by atoms with Crippen LogP contribution in [0.5, 0.6) is 23.0 Å². The number of ether oxygens (including phenoxy) is 1. The standard InChI is InChI=1S/C21H22O9/c1-2-21(20(28)29,10-13-5-7-16(24)19(27)14(13)11-22)30-18(26)8-4-12-3-6-15(23)17(25)9-12/h3-9,22-25,27H,2,10-11H2,1H3,(H,28,29)/b8-4+/t21-/m1/s1. The lowest BCUT2D eigenvalue weighted by Gasteiger charge is -2.28. The molecule has 0 unspecified atom stereocenters. The van der Waals surface area contributed by atoms with Gasteiger partial charge < -0.3 is 35.4 Å². The molecule has 0 aliphatic rings. The van der Waals surface area contributed by atoms with Gasteiger partial charge in [-0.2, -0.15) is 0 Å². The lowest BCUT2D eigenvalue weighted by molar-refractivity contribution is -0.175. The second-order valence-corrected chi connectivity index (χ2v) is 6.56. The van der Waals surface area contributed by atoms with Crippen LogP contribution in [0.4, 0.5) is 0 Å². The summed E-state index contributed by atoms with van der Waals surface area (Å²) in [6, 6.07) is 6.33. The summed E-state index contributed by atoms with van der Waals surface area (Å²) < 4.78 is 5.24. The maximum absolute atomic E-state index is 12.3. The summed E-state index contributed by atoms with van der Waals surface area (Å²) in [5.74, 6) is -4.17. The third-order valence-electron chi connectivity index (χ3n) is 4.66. The summed E-state index contributed by atoms with van der Waals surface area (Å²) >= 11 is 0. The van der Waals surface area contributed by atoms with E-state index in [1.807, 2.05) is 0 Å². The number of carboxylic acids is 1. The number of aliphatic hydroxyl groups excluding tert-OH is 1. The summed E-state index contributed by atoms with van der Waals surface area (Å²) in [6.45, 7) is 0.842. The van der Waals surface area contributed by atoms with Crippen molar-refractivity contribution in [1.82, 2.24) is 0 Å². The Kier molecular flexibility index (Phi) is 6.91. The molecular weight excluding hydrogens is 396 g/mol. The molecule has 0 fully saturated rings. The van der Waals surface area contributed by atoms with E-state index in [4.69, 9.17) is 4.74 Å². The smallest absolute Gasteiger partial charge is 0.348 e. The number of rotatable bonds is 8. The van der Waals surface area contributed by atoms with Gasteiger partial charge >= 0.3 is 11.9 Å². The Labute approximate surface area is 171 Å². The molecule has 0 amide bonds. The predicted octanol–water partition coefficient (Wildman–Crippen LogP) is 2.03. The molecule has 0 spiro atoms. The lowest BCUT2D eigenvalue weighted by atomic mass is 9.89. The van der Waals surface area contributed by atoms with Crippen molar-refractivity contribution in [1.29, 1.82) is 0 Å². The first-order chi connectivity index (χ1) is 14.1. The number of carboxylic acid groups (broad SMARTS) is 1. The van der Waals surface area contributed by atoms with E-state index in [1.165, 1.54) is 37.3 Å². The van der Waals surface area contributed by atoms with E-state index >= 15 is 0 Å². The van der Waals surface area contributed by atoms with Gasteiger partial charge in [-0.05, 0) is 41.8 Å². The van der Waals surface area contributed by atoms with Gasteiger partial charge in [-0.3, -0.25) is 0 Å². The van der Waals surface area contributed by atoms with Crippen LogP contribution < -0.4 is 0 Å². The molecule has 0 aliphatic carbocycles. The quantitative estimate of drug-likeness (QED) is 0.214. The van der Waals surface area contributed by atoms with E-state index in [-0.39, 0.29) is 35.5 Å². The van der Waals surface area contributed by atoms with Crippen LogP contribution in [0.2, 0.25) is 0 Å². The van der Waals surface area contributed by atoms with Crippen molar-refractivity contribution < 1.29 is 45.0 Å². The van der Waals surface area contributed by atoms with Gasteiger partial charge in [-0.15, -0.1) is 0 Å². The highest BCUT2D eigenvalue weighted by Crippen LogP contribution is 2.34. The van der Waals surface area contributed by atoms with Crippen LogP contribution in [0.15, 0.2) is 36.4 Å². The van der Waals surface area contributed by atoms with E-state index in [9.17, 15) is 40.2 Å². The number of esters is 1. The number of carbonyl (C=O) groups excluding carboxylic acids is 1. The van der Waals surface area contributed by atoms with Crippen molar-refractivity contribution in [3.63, 3.8) is 0 Å². The number of phenols is 4. The fourth-order valence-corrected chi connectivity index (χ4v) is 2.85. The lowest BCUT2D eigenvalue weighted by Crippen LogP contribution is -2.44. The molecule has 1 atom stereocenters. The molecule has 0 saturated heterocycles. The van der Waals surface area contributed by atoms with E-state index in [0.29, 0.717) is 5.56 Å². The highest BCUT2D eigenvalue weighted by molar-refractivity contribution is 5.90. The number of aliphatic carboxylic acids is 1. The molecule has 9 heteroatoms. The first kappa shape index (κ1) is 22.6. The Morgan fingerprint density at radius 2 is 1.70 bits per heavy atom. The van der Waals surface area contributed by atoms with Crippen LogP contribution >= 0.6 is 0 Å². The molecule has 0 aliphatic heterocycles. The van der Waals surface area contributed by atoms with Crippen LogP contribution in [0, 0.1) is 0 Å². The molecule has 0 radical (unpaired) electrons. The van der Waals surface area contributed by atoms with Gasteiger partial charge in [-0.1, -0.05) is 19.1 Å². The molecule has 2 aromatic rings. The molecule has 30 heavy (non-hydrogen) atoms. The van der Waals surface area contributed by atoms with Gasteiger partial charge in [0.25, 0.3) is 0 Å². The summed E-state index contributed by atoms with van der Waals surface area (Å²) in [7, 11) is 0. The van der Waals surface area contributed by atoms with E-state index < -0.39 is 35.6 Å². The maximum atomic E-state index is 12.3. The van der Waals surface area contributed by atoms with Crippen molar-refractivity contribution >= 4 is 18.0 Å². The Morgan fingerprint density at radius 3 is 2.27 bits per heavy atom. The molecule has 2 rings (SSSR count). The minimum absolute atomic E-state index is 0.0692. The fraction of sp³-hybridized carbons (Fsp3) is 0.238. The topological polar surface area (TPSA) is 165 Å². The Hall–Kier alpha value is -3.72. The van der Waals surface area contributed by atoms with Crippen LogP contribution in [-0.4, -0.2) is 48.2 Å². The second kappa shape index (κ2) is 9.19. The normalized spacial score (nSPS) is 13.1. The first-order valence-electron chi connectivity index (χ1n) is 8.93. The molecule has 160 valence electrons. The highest BCUT2D eigenvalue weighted by Gasteiger charge is 2.41. The average Bonchev–Trinajstić information content (AvgIpc) is 2.71. The van der Waals surface area contributed by atoms with Crippen molar-refractivity contribution in [2.45, 2.75) is 32.0 Å². The number of benzene rings is 2. The summed E-state index contributed by atoms with van der Waals surface area (Å²) in [5, 5.41) is 57.5. The number of phenolic OH excluding ortho intramolecular Hbond substituents is 3. The molecule has 2 aromatic carbocycles. The second-order valence-electron chi connectivity index (χ2n) is 6.56. The minimum atomic E-state index is -1.99. The van der Waals surface area contributed by atoms with Gasteiger partial charge in [0.05, 0.1) is 6.61 Å². The average molecular weight is 418 g/mol. The first-order valence-corrected chi connectivity index (χ1v) is 8.93. The van der Waals surface area contributed by atoms with Crippen LogP contribution in [0.1, 0.15) is 30.0 Å². The monoisotopic (exact) mass is 418 g/mol. The highest BCUT2D eigenvalue weighted by atomic mass is 16.6. The zero-order valence-corrected chi connectivity index (χ0v) is 16.1. The van der Waals surface area contributed by atoms with Crippen LogP contribution in [-0.2, 0) is 27.4 Å². The van der Waals surface area contributed by atoms with Crippen molar-refractivity contribution in [3.8, 4) is 23.0 Å². The predicted molar refractivity (Wildman–Crippen MR) is 105 cm³/mol. The molecule has 9 nitrogen and oxygen atoms in total. The molecule has 0 saturated carbocycles. The SMILES string of the molecule is CC[C@](Cc1ccc(O)c(O)c1CO)(OC(=O)/C=C/c1ccc(O)c(O)c1)C(=O)O. The Morgan fingerprint density at radius 1 is 1.03 bits per heavy atom. The third-order valence-corrected chi connectivity index (χ3v) is 4.66. The summed E-state index contributed by atoms with van der Waals surface area (Å²) in [5.41, 5.74) is -1.51. The molecule has 0 aromatic heterocycles.